The molecular weight excluding hydrogens is 385 g/mol. The molecule has 0 saturated heterocycles. The van der Waals surface area contributed by atoms with E-state index in [0.717, 1.165) is 11.0 Å². The summed E-state index contributed by atoms with van der Waals surface area (Å²) >= 11 is 5.56. The van der Waals surface area contributed by atoms with Crippen molar-refractivity contribution in [2.24, 2.45) is 0 Å². The van der Waals surface area contributed by atoms with Crippen molar-refractivity contribution >= 4 is 23.2 Å². The number of rotatable bonds is 6. The number of amides is 1. The molecule has 26 heavy (non-hydrogen) atoms. The average Bonchev–Trinajstić information content (AvgIpc) is 3.04. The predicted molar refractivity (Wildman–Crippen MR) is 83.2 cm³/mol. The van der Waals surface area contributed by atoms with Crippen LogP contribution < -0.4 is 9.64 Å². The van der Waals surface area contributed by atoms with Crippen LogP contribution in [0, 0.1) is 6.92 Å². The number of aryl methyl sites for hydroxylation is 1. The van der Waals surface area contributed by atoms with E-state index in [1.54, 1.807) is 6.07 Å². The Hall–Kier alpha value is -2.36. The Morgan fingerprint density at radius 3 is 2.50 bits per heavy atom. The molecule has 1 heterocycles. The van der Waals surface area contributed by atoms with E-state index in [2.05, 4.69) is 9.84 Å². The Balaban J connectivity index is 2.49. The van der Waals surface area contributed by atoms with Crippen molar-refractivity contribution in [1.29, 1.82) is 0 Å². The number of anilines is 1. The molecule has 5 nitrogen and oxygen atoms in total. The minimum Gasteiger partial charge on any atom is -0.424 e. The molecule has 0 aliphatic carbocycles. The van der Waals surface area contributed by atoms with Crippen LogP contribution in [0.15, 0.2) is 36.7 Å². The monoisotopic (exact) mass is 397 g/mol. The second-order valence-corrected chi connectivity index (χ2v) is 5.45. The number of carbonyl (C=O) groups excluding carboxylic acids is 1. The predicted octanol–water partition coefficient (Wildman–Crippen LogP) is 3.95. The van der Waals surface area contributed by atoms with Gasteiger partial charge in [0.2, 0.25) is 5.91 Å². The van der Waals surface area contributed by atoms with Gasteiger partial charge < -0.3 is 4.74 Å². The summed E-state index contributed by atoms with van der Waals surface area (Å²) in [6.07, 6.45) is -8.46. The van der Waals surface area contributed by atoms with Gasteiger partial charge in [-0.2, -0.15) is 27.1 Å². The highest BCUT2D eigenvalue weighted by Gasteiger charge is 2.61. The average molecular weight is 398 g/mol. The highest BCUT2D eigenvalue weighted by molar-refractivity contribution is 6.29. The molecule has 1 amide bonds. The molecule has 0 aliphatic heterocycles. The summed E-state index contributed by atoms with van der Waals surface area (Å²) in [5.41, 5.74) is -0.0105. The second kappa shape index (κ2) is 7.48. The van der Waals surface area contributed by atoms with Crippen molar-refractivity contribution in [2.45, 2.75) is 25.9 Å². The van der Waals surface area contributed by atoms with Crippen LogP contribution in [0.4, 0.5) is 27.6 Å². The number of para-hydroxylation sites is 1. The first-order chi connectivity index (χ1) is 12.1. The molecule has 1 aromatic heterocycles. The molecule has 2 rings (SSSR count). The maximum atomic E-state index is 13.4. The molecular formula is C15H13ClF5N3O2. The number of halogens is 6. The first kappa shape index (κ1) is 20.0. The zero-order valence-corrected chi connectivity index (χ0v) is 14.1. The summed E-state index contributed by atoms with van der Waals surface area (Å²) in [7, 11) is 0. The summed E-state index contributed by atoms with van der Waals surface area (Å²) < 4.78 is 69.4. The quantitative estimate of drug-likeness (QED) is 0.547. The van der Waals surface area contributed by atoms with E-state index >= 15 is 0 Å². The number of nitrogens with zero attached hydrogens (tertiary/aromatic N) is 3. The molecule has 0 atom stereocenters. The van der Waals surface area contributed by atoms with E-state index in [-0.39, 0.29) is 17.9 Å². The minimum absolute atomic E-state index is 0.242. The third-order valence-electron chi connectivity index (χ3n) is 3.30. The molecule has 0 spiro atoms. The van der Waals surface area contributed by atoms with Gasteiger partial charge >= 0.3 is 12.3 Å². The topological polar surface area (TPSA) is 47.4 Å². The summed E-state index contributed by atoms with van der Waals surface area (Å²) in [6.45, 7) is 1.18. The van der Waals surface area contributed by atoms with E-state index in [0.29, 0.717) is 0 Å². The van der Waals surface area contributed by atoms with Gasteiger partial charge in [-0.15, -0.1) is 11.6 Å². The number of hydrogen-bond donors (Lipinski definition) is 0. The van der Waals surface area contributed by atoms with Crippen molar-refractivity contribution in [3.05, 3.63) is 42.2 Å². The van der Waals surface area contributed by atoms with Gasteiger partial charge in [0.25, 0.3) is 0 Å². The molecule has 11 heteroatoms. The van der Waals surface area contributed by atoms with Crippen molar-refractivity contribution in [3.63, 3.8) is 0 Å². The second-order valence-electron chi connectivity index (χ2n) is 5.18. The van der Waals surface area contributed by atoms with Crippen molar-refractivity contribution in [3.8, 4) is 5.75 Å². The maximum absolute atomic E-state index is 13.4. The van der Waals surface area contributed by atoms with Crippen LogP contribution in [0.2, 0.25) is 0 Å². The Morgan fingerprint density at radius 2 is 1.96 bits per heavy atom. The van der Waals surface area contributed by atoms with Crippen LogP contribution in [0.1, 0.15) is 5.56 Å². The molecule has 0 bridgehead atoms. The summed E-state index contributed by atoms with van der Waals surface area (Å²) in [6, 6.07) is 5.14. The Kier molecular flexibility index (Phi) is 5.74. The SMILES string of the molecule is Cc1cccc(OC(F)(F)C(F)(F)F)c1N(Cn1cccn1)C(=O)CCl. The first-order valence-corrected chi connectivity index (χ1v) is 7.67. The molecule has 0 saturated carbocycles. The van der Waals surface area contributed by atoms with E-state index in [1.807, 2.05) is 0 Å². The van der Waals surface area contributed by atoms with Crippen LogP contribution in [-0.2, 0) is 11.5 Å². The minimum atomic E-state index is -5.92. The smallest absolute Gasteiger partial charge is 0.424 e. The van der Waals surface area contributed by atoms with E-state index < -0.39 is 29.8 Å². The van der Waals surface area contributed by atoms with Gasteiger partial charge in [0, 0.05) is 12.4 Å². The van der Waals surface area contributed by atoms with E-state index in [4.69, 9.17) is 11.6 Å². The molecule has 142 valence electrons. The number of alkyl halides is 6. The zero-order valence-electron chi connectivity index (χ0n) is 13.3. The number of carbonyl (C=O) groups is 1. The van der Waals surface area contributed by atoms with Crippen LogP contribution in [0.5, 0.6) is 5.75 Å². The molecule has 0 radical (unpaired) electrons. The van der Waals surface area contributed by atoms with Gasteiger partial charge in [0.15, 0.2) is 5.75 Å². The highest BCUT2D eigenvalue weighted by Crippen LogP contribution is 2.41. The lowest BCUT2D eigenvalue weighted by molar-refractivity contribution is -0.360. The van der Waals surface area contributed by atoms with Crippen LogP contribution in [0.3, 0.4) is 0 Å². The summed E-state index contributed by atoms with van der Waals surface area (Å²) in [4.78, 5) is 13.1. The number of benzene rings is 1. The van der Waals surface area contributed by atoms with Gasteiger partial charge in [0.1, 0.15) is 12.5 Å². The van der Waals surface area contributed by atoms with E-state index in [1.165, 1.54) is 36.1 Å². The maximum Gasteiger partial charge on any atom is 0.499 e. The fourth-order valence-corrected chi connectivity index (χ4v) is 2.28. The number of aromatic nitrogens is 2. The molecule has 2 aromatic rings. The van der Waals surface area contributed by atoms with Crippen LogP contribution in [-0.4, -0.2) is 33.9 Å². The summed E-state index contributed by atoms with van der Waals surface area (Å²) in [5, 5.41) is 3.88. The standard InChI is InChI=1S/C15H13ClF5N3O2/c1-10-4-2-5-11(26-15(20,21)14(17,18)19)13(10)24(12(25)8-16)9-23-7-3-6-22-23/h2-7H,8-9H2,1H3. The van der Waals surface area contributed by atoms with Gasteiger partial charge in [0.05, 0.1) is 5.69 Å². The Bertz CT molecular complexity index is 765. The van der Waals surface area contributed by atoms with Gasteiger partial charge in [-0.1, -0.05) is 12.1 Å². The number of ether oxygens (including phenoxy) is 1. The van der Waals surface area contributed by atoms with Gasteiger partial charge in [-0.05, 0) is 24.6 Å². The highest BCUT2D eigenvalue weighted by atomic mass is 35.5. The lowest BCUT2D eigenvalue weighted by atomic mass is 10.1. The summed E-state index contributed by atoms with van der Waals surface area (Å²) in [5.74, 6) is -2.06. The molecule has 0 N–H and O–H groups in total. The van der Waals surface area contributed by atoms with Gasteiger partial charge in [-0.3, -0.25) is 14.4 Å². The normalized spacial score (nSPS) is 12.1. The van der Waals surface area contributed by atoms with Crippen molar-refractivity contribution < 1.29 is 31.5 Å². The largest absolute Gasteiger partial charge is 0.499 e. The van der Waals surface area contributed by atoms with Crippen molar-refractivity contribution in [2.75, 3.05) is 10.8 Å². The Morgan fingerprint density at radius 1 is 1.27 bits per heavy atom. The molecule has 1 aromatic carbocycles. The third kappa shape index (κ3) is 4.24. The lowest BCUT2D eigenvalue weighted by Crippen LogP contribution is -2.42. The molecule has 0 unspecified atom stereocenters. The van der Waals surface area contributed by atoms with E-state index in [9.17, 15) is 26.7 Å². The number of hydrogen-bond acceptors (Lipinski definition) is 3. The fraction of sp³-hybridized carbons (Fsp3) is 0.333. The third-order valence-corrected chi connectivity index (χ3v) is 3.53. The van der Waals surface area contributed by atoms with Crippen LogP contribution >= 0.6 is 11.6 Å². The molecule has 0 aliphatic rings. The lowest BCUT2D eigenvalue weighted by Gasteiger charge is -2.28. The van der Waals surface area contributed by atoms with Crippen LogP contribution in [0.25, 0.3) is 0 Å². The van der Waals surface area contributed by atoms with Gasteiger partial charge in [-0.25, -0.2) is 0 Å². The first-order valence-electron chi connectivity index (χ1n) is 7.13. The van der Waals surface area contributed by atoms with Crippen molar-refractivity contribution in [1.82, 2.24) is 9.78 Å². The molecule has 0 fully saturated rings. The fourth-order valence-electron chi connectivity index (χ4n) is 2.13. The zero-order chi connectivity index (χ0) is 19.5. The Labute approximate surface area is 149 Å².